The van der Waals surface area contributed by atoms with Crippen LogP contribution in [0, 0.1) is 5.92 Å². The number of thiophene rings is 1. The highest BCUT2D eigenvalue weighted by Crippen LogP contribution is 2.32. The number of nitrogens with zero attached hydrogens (tertiary/aromatic N) is 2. The molecule has 0 saturated carbocycles. The predicted octanol–water partition coefficient (Wildman–Crippen LogP) is 3.35. The zero-order valence-electron chi connectivity index (χ0n) is 12.9. The average Bonchev–Trinajstić information content (AvgIpc) is 2.98. The van der Waals surface area contributed by atoms with Crippen molar-refractivity contribution in [1.82, 2.24) is 15.2 Å². The largest absolute Gasteiger partial charge is 0.346 e. The number of hydrogen-bond donors (Lipinski definition) is 1. The van der Waals surface area contributed by atoms with Gasteiger partial charge in [-0.3, -0.25) is 9.69 Å². The topological polar surface area (TPSA) is 45.2 Å². The minimum absolute atomic E-state index is 0. The molecule has 5 rings (SSSR count). The molecule has 3 aliphatic rings. The van der Waals surface area contributed by atoms with E-state index >= 15 is 0 Å². The minimum Gasteiger partial charge on any atom is -0.346 e. The molecule has 4 nitrogen and oxygen atoms in total. The Balaban J connectivity index is 0.000000960. The van der Waals surface area contributed by atoms with Crippen molar-refractivity contribution in [2.75, 3.05) is 13.1 Å². The number of piperidine rings is 3. The van der Waals surface area contributed by atoms with Gasteiger partial charge in [-0.1, -0.05) is 0 Å². The molecule has 23 heavy (non-hydrogen) atoms. The van der Waals surface area contributed by atoms with Crippen molar-refractivity contribution in [1.29, 1.82) is 0 Å². The van der Waals surface area contributed by atoms with Gasteiger partial charge in [0.15, 0.2) is 0 Å². The molecule has 0 unspecified atom stereocenters. The molecule has 0 aliphatic carbocycles. The van der Waals surface area contributed by atoms with Crippen LogP contribution in [0.1, 0.15) is 30.3 Å². The first-order valence-electron chi connectivity index (χ1n) is 7.60. The van der Waals surface area contributed by atoms with Crippen LogP contribution in [0.15, 0.2) is 23.7 Å². The number of nitrogens with one attached hydrogen (secondary N) is 1. The zero-order chi connectivity index (χ0) is 14.4. The molecule has 5 heterocycles. The quantitative estimate of drug-likeness (QED) is 0.877. The van der Waals surface area contributed by atoms with Crippen molar-refractivity contribution in [3.05, 3.63) is 29.4 Å². The summed E-state index contributed by atoms with van der Waals surface area (Å²) >= 11 is 1.65. The highest BCUT2D eigenvalue weighted by Gasteiger charge is 2.40. The lowest BCUT2D eigenvalue weighted by molar-refractivity contribution is 0.0216. The summed E-state index contributed by atoms with van der Waals surface area (Å²) in [6, 6.07) is 4.63. The lowest BCUT2D eigenvalue weighted by Crippen LogP contribution is -2.62. The van der Waals surface area contributed by atoms with Crippen LogP contribution in [0.25, 0.3) is 10.1 Å². The molecule has 7 heteroatoms. The lowest BCUT2D eigenvalue weighted by atomic mass is 9.79. The van der Waals surface area contributed by atoms with Crippen LogP contribution in [-0.2, 0) is 0 Å². The standard InChI is InChI=1S/C16H19N3OS.2ClH/c1-10-15(11-2-5-19(10)6-3-11)18-16(20)13-8-12-4-7-21-14(12)9-17-13;;/h4,7-11,15H,2-3,5-6H2,1H3,(H,18,20);2*1H/t10-,15-;;/m0../s1. The van der Waals surface area contributed by atoms with Crippen molar-refractivity contribution in [3.63, 3.8) is 0 Å². The summed E-state index contributed by atoms with van der Waals surface area (Å²) in [7, 11) is 0. The van der Waals surface area contributed by atoms with Gasteiger partial charge in [0.05, 0.1) is 4.70 Å². The van der Waals surface area contributed by atoms with E-state index in [0.717, 1.165) is 10.1 Å². The molecule has 1 amide bonds. The number of aromatic nitrogens is 1. The summed E-state index contributed by atoms with van der Waals surface area (Å²) in [6.45, 7) is 4.58. The Kier molecular flexibility index (Phi) is 5.89. The van der Waals surface area contributed by atoms with Crippen molar-refractivity contribution in [2.24, 2.45) is 5.92 Å². The normalized spacial score (nSPS) is 28.7. The number of amides is 1. The van der Waals surface area contributed by atoms with Crippen molar-refractivity contribution < 1.29 is 4.79 Å². The van der Waals surface area contributed by atoms with Crippen molar-refractivity contribution in [2.45, 2.75) is 31.8 Å². The summed E-state index contributed by atoms with van der Waals surface area (Å²) in [5.74, 6) is 0.590. The zero-order valence-corrected chi connectivity index (χ0v) is 15.3. The Labute approximate surface area is 152 Å². The summed E-state index contributed by atoms with van der Waals surface area (Å²) in [6.07, 6.45) is 4.20. The molecule has 2 atom stereocenters. The number of halogens is 2. The number of carbonyl (C=O) groups excluding carboxylic acids is 1. The first-order chi connectivity index (χ1) is 10.2. The molecule has 0 radical (unpaired) electrons. The first-order valence-corrected chi connectivity index (χ1v) is 8.48. The van der Waals surface area contributed by atoms with Gasteiger partial charge in [-0.05, 0) is 61.7 Å². The number of fused-ring (bicyclic) bond motifs is 4. The number of carbonyl (C=O) groups is 1. The fourth-order valence-corrected chi connectivity index (χ4v) is 4.50. The maximum atomic E-state index is 12.5. The van der Waals surface area contributed by atoms with Gasteiger partial charge in [0.1, 0.15) is 5.69 Å². The van der Waals surface area contributed by atoms with Crippen LogP contribution in [0.2, 0.25) is 0 Å². The van der Waals surface area contributed by atoms with Crippen LogP contribution < -0.4 is 5.32 Å². The highest BCUT2D eigenvalue weighted by atomic mass is 35.5. The molecule has 126 valence electrons. The van der Waals surface area contributed by atoms with Gasteiger partial charge in [-0.25, -0.2) is 4.98 Å². The molecule has 3 fully saturated rings. The molecule has 2 aromatic heterocycles. The van der Waals surface area contributed by atoms with E-state index in [1.807, 2.05) is 17.5 Å². The third-order valence-electron chi connectivity index (χ3n) is 5.05. The first kappa shape index (κ1) is 18.5. The summed E-state index contributed by atoms with van der Waals surface area (Å²) in [5, 5.41) is 6.36. The van der Waals surface area contributed by atoms with E-state index in [-0.39, 0.29) is 36.8 Å². The Morgan fingerprint density at radius 2 is 2.09 bits per heavy atom. The van der Waals surface area contributed by atoms with Gasteiger partial charge in [0, 0.05) is 18.3 Å². The molecule has 3 aliphatic heterocycles. The van der Waals surface area contributed by atoms with Gasteiger partial charge in [0.2, 0.25) is 0 Å². The molecule has 3 saturated heterocycles. The molecule has 0 aromatic carbocycles. The fourth-order valence-electron chi connectivity index (χ4n) is 3.76. The molecule has 2 bridgehead atoms. The molecule has 2 aromatic rings. The van der Waals surface area contributed by atoms with E-state index in [1.165, 1.54) is 25.9 Å². The SMILES string of the molecule is C[C@H]1[C@H](NC(=O)c2cc3ccsc3cn2)C2CCN1CC2.Cl.Cl. The molecule has 1 N–H and O–H groups in total. The fraction of sp³-hybridized carbons (Fsp3) is 0.500. The average molecular weight is 374 g/mol. The second-order valence-electron chi connectivity index (χ2n) is 6.14. The summed E-state index contributed by atoms with van der Waals surface area (Å²) in [5.41, 5.74) is 0.532. The van der Waals surface area contributed by atoms with Gasteiger partial charge in [-0.2, -0.15) is 0 Å². The Hall–Kier alpha value is -0.880. The van der Waals surface area contributed by atoms with E-state index in [0.29, 0.717) is 17.7 Å². The Morgan fingerprint density at radius 3 is 2.78 bits per heavy atom. The second-order valence-corrected chi connectivity index (χ2v) is 7.09. The monoisotopic (exact) mass is 373 g/mol. The maximum Gasteiger partial charge on any atom is 0.270 e. The van der Waals surface area contributed by atoms with E-state index in [9.17, 15) is 4.79 Å². The van der Waals surface area contributed by atoms with Crippen molar-refractivity contribution >= 4 is 52.1 Å². The van der Waals surface area contributed by atoms with E-state index in [4.69, 9.17) is 0 Å². The number of rotatable bonds is 2. The highest BCUT2D eigenvalue weighted by molar-refractivity contribution is 7.17. The Morgan fingerprint density at radius 1 is 1.35 bits per heavy atom. The molecule has 0 spiro atoms. The van der Waals surface area contributed by atoms with Gasteiger partial charge >= 0.3 is 0 Å². The molecular formula is C16H21Cl2N3OS. The summed E-state index contributed by atoms with van der Waals surface area (Å²) in [4.78, 5) is 19.3. The Bertz CT molecular complexity index is 683. The predicted molar refractivity (Wildman–Crippen MR) is 99.1 cm³/mol. The van der Waals surface area contributed by atoms with Crippen LogP contribution >= 0.6 is 36.2 Å². The van der Waals surface area contributed by atoms with Crippen molar-refractivity contribution in [3.8, 4) is 0 Å². The van der Waals surface area contributed by atoms with Gasteiger partial charge < -0.3 is 5.32 Å². The van der Waals surface area contributed by atoms with E-state index in [1.54, 1.807) is 17.5 Å². The third-order valence-corrected chi connectivity index (χ3v) is 5.92. The smallest absolute Gasteiger partial charge is 0.270 e. The number of hydrogen-bond acceptors (Lipinski definition) is 4. The van der Waals surface area contributed by atoms with E-state index in [2.05, 4.69) is 22.1 Å². The maximum absolute atomic E-state index is 12.5. The second kappa shape index (κ2) is 7.34. The van der Waals surface area contributed by atoms with Crippen LogP contribution in [-0.4, -0.2) is 41.0 Å². The lowest BCUT2D eigenvalue weighted by Gasteiger charge is -2.49. The number of pyridine rings is 1. The molecular weight excluding hydrogens is 353 g/mol. The van der Waals surface area contributed by atoms with Crippen LogP contribution in [0.4, 0.5) is 0 Å². The van der Waals surface area contributed by atoms with E-state index < -0.39 is 0 Å². The van der Waals surface area contributed by atoms with Crippen LogP contribution in [0.5, 0.6) is 0 Å². The van der Waals surface area contributed by atoms with Crippen LogP contribution in [0.3, 0.4) is 0 Å². The third kappa shape index (κ3) is 3.33. The minimum atomic E-state index is -0.0336. The summed E-state index contributed by atoms with van der Waals surface area (Å²) < 4.78 is 1.13. The van der Waals surface area contributed by atoms with Gasteiger partial charge in [-0.15, -0.1) is 36.2 Å². The van der Waals surface area contributed by atoms with Gasteiger partial charge in [0.25, 0.3) is 5.91 Å².